The van der Waals surface area contributed by atoms with Gasteiger partial charge in [-0.05, 0) is 55.9 Å². The van der Waals surface area contributed by atoms with Gasteiger partial charge in [-0.1, -0.05) is 86.9 Å². The lowest BCUT2D eigenvalue weighted by Crippen LogP contribution is -2.16. The lowest BCUT2D eigenvalue weighted by Gasteiger charge is -2.09. The topological polar surface area (TPSA) is 38.8 Å². The van der Waals surface area contributed by atoms with Crippen LogP contribution in [0.15, 0.2) is 42.5 Å². The van der Waals surface area contributed by atoms with Crippen LogP contribution in [0.4, 0.5) is 13.2 Å². The number of alkyl halides is 3. The molecule has 1 fully saturated rings. The van der Waals surface area contributed by atoms with E-state index in [-0.39, 0.29) is 18.5 Å². The summed E-state index contributed by atoms with van der Waals surface area (Å²) in [6.07, 6.45) is 3.79. The van der Waals surface area contributed by atoms with E-state index in [1.54, 1.807) is 0 Å². The molecule has 0 radical (unpaired) electrons. The van der Waals surface area contributed by atoms with Crippen LogP contribution in [0.5, 0.6) is 5.75 Å². The maximum atomic E-state index is 12.6. The van der Waals surface area contributed by atoms with E-state index in [1.807, 2.05) is 50.2 Å². The van der Waals surface area contributed by atoms with Gasteiger partial charge in [0.2, 0.25) is 0 Å². The summed E-state index contributed by atoms with van der Waals surface area (Å²) < 4.78 is 47.7. The van der Waals surface area contributed by atoms with Gasteiger partial charge in [0.25, 0.3) is 0 Å². The number of epoxide rings is 1. The Morgan fingerprint density at radius 1 is 0.886 bits per heavy atom. The van der Waals surface area contributed by atoms with Crippen LogP contribution in [0, 0.1) is 13.8 Å². The standard InChI is InChI=1S/C29H37F3O3/c1-21-17-18-25(22(2)20-21)34-28(33)27-26(35-27)24-16-12-11-15-23(24)14-10-8-6-4-3-5-7-9-13-19-29(30,31)32/h11-12,15-18,20,26-27H,3-10,13-14,19H2,1-2H3/t26-,27-/m1/s1. The van der Waals surface area contributed by atoms with Crippen molar-refractivity contribution in [1.82, 2.24) is 0 Å². The largest absolute Gasteiger partial charge is 0.424 e. The Hall–Kier alpha value is -2.34. The zero-order valence-corrected chi connectivity index (χ0v) is 20.8. The monoisotopic (exact) mass is 490 g/mol. The molecule has 35 heavy (non-hydrogen) atoms. The van der Waals surface area contributed by atoms with Crippen molar-refractivity contribution in [2.24, 2.45) is 0 Å². The highest BCUT2D eigenvalue weighted by Gasteiger charge is 2.48. The van der Waals surface area contributed by atoms with Crippen molar-refractivity contribution >= 4 is 5.97 Å². The lowest BCUT2D eigenvalue weighted by molar-refractivity contribution is -0.136. The second kappa shape index (κ2) is 13.1. The van der Waals surface area contributed by atoms with Gasteiger partial charge in [-0.25, -0.2) is 4.79 Å². The molecular weight excluding hydrogens is 453 g/mol. The molecule has 192 valence electrons. The molecule has 3 nitrogen and oxygen atoms in total. The van der Waals surface area contributed by atoms with Gasteiger partial charge in [0.05, 0.1) is 0 Å². The van der Waals surface area contributed by atoms with E-state index in [9.17, 15) is 18.0 Å². The molecular formula is C29H37F3O3. The van der Waals surface area contributed by atoms with Gasteiger partial charge in [-0.2, -0.15) is 13.2 Å². The summed E-state index contributed by atoms with van der Waals surface area (Å²) in [5.74, 6) is 0.222. The van der Waals surface area contributed by atoms with Gasteiger partial charge in [0.15, 0.2) is 6.10 Å². The fourth-order valence-electron chi connectivity index (χ4n) is 4.53. The summed E-state index contributed by atoms with van der Waals surface area (Å²) in [6, 6.07) is 13.9. The highest BCUT2D eigenvalue weighted by molar-refractivity contribution is 5.81. The van der Waals surface area contributed by atoms with E-state index in [0.717, 1.165) is 68.1 Å². The minimum absolute atomic E-state index is 0.248. The fourth-order valence-corrected chi connectivity index (χ4v) is 4.53. The number of halogens is 3. The number of benzene rings is 2. The summed E-state index contributed by atoms with van der Waals surface area (Å²) in [6.45, 7) is 3.93. The molecule has 0 unspecified atom stereocenters. The molecule has 6 heteroatoms. The van der Waals surface area contributed by atoms with Crippen LogP contribution in [-0.2, 0) is 16.0 Å². The first-order valence-corrected chi connectivity index (χ1v) is 12.8. The SMILES string of the molecule is Cc1ccc(OC(=O)[C@@H]2O[C@@H]2c2ccccc2CCCCCCCCCCCC(F)(F)F)c(C)c1. The molecule has 0 amide bonds. The van der Waals surface area contributed by atoms with Crippen LogP contribution < -0.4 is 4.74 Å². The van der Waals surface area contributed by atoms with Crippen molar-refractivity contribution < 1.29 is 27.4 Å². The highest BCUT2D eigenvalue weighted by Crippen LogP contribution is 2.41. The molecule has 2 aromatic carbocycles. The first-order chi connectivity index (χ1) is 16.7. The van der Waals surface area contributed by atoms with Gasteiger partial charge in [0, 0.05) is 6.42 Å². The first kappa shape index (κ1) is 27.3. The first-order valence-electron chi connectivity index (χ1n) is 12.8. The zero-order chi connectivity index (χ0) is 25.3. The molecule has 1 heterocycles. The van der Waals surface area contributed by atoms with Gasteiger partial charge in [0.1, 0.15) is 11.9 Å². The number of carbonyl (C=O) groups is 1. The van der Waals surface area contributed by atoms with E-state index in [2.05, 4.69) is 6.07 Å². The van der Waals surface area contributed by atoms with E-state index < -0.39 is 18.7 Å². The van der Waals surface area contributed by atoms with Crippen LogP contribution in [0.25, 0.3) is 0 Å². The quantitative estimate of drug-likeness (QED) is 0.116. The number of aryl methyl sites for hydroxylation is 3. The summed E-state index contributed by atoms with van der Waals surface area (Å²) in [7, 11) is 0. The maximum absolute atomic E-state index is 12.6. The van der Waals surface area contributed by atoms with Crippen LogP contribution >= 0.6 is 0 Å². The molecule has 1 aliphatic heterocycles. The Bertz CT molecular complexity index is 954. The summed E-state index contributed by atoms with van der Waals surface area (Å²) in [5.41, 5.74) is 4.33. The third-order valence-electron chi connectivity index (χ3n) is 6.53. The third-order valence-corrected chi connectivity index (χ3v) is 6.53. The van der Waals surface area contributed by atoms with E-state index in [0.29, 0.717) is 12.2 Å². The second-order valence-corrected chi connectivity index (χ2v) is 9.66. The molecule has 0 aromatic heterocycles. The number of rotatable bonds is 14. The van der Waals surface area contributed by atoms with Crippen molar-refractivity contribution in [3.05, 3.63) is 64.7 Å². The number of hydrogen-bond acceptors (Lipinski definition) is 3. The van der Waals surface area contributed by atoms with Crippen molar-refractivity contribution in [2.45, 2.75) is 103 Å². The lowest BCUT2D eigenvalue weighted by atomic mass is 9.97. The Morgan fingerprint density at radius 3 is 2.17 bits per heavy atom. The third kappa shape index (κ3) is 9.32. The molecule has 3 rings (SSSR count). The molecule has 0 aliphatic carbocycles. The molecule has 2 atom stereocenters. The van der Waals surface area contributed by atoms with Gasteiger partial charge >= 0.3 is 12.1 Å². The van der Waals surface area contributed by atoms with E-state index in [4.69, 9.17) is 9.47 Å². The summed E-state index contributed by atoms with van der Waals surface area (Å²) in [5, 5.41) is 0. The Morgan fingerprint density at radius 2 is 1.51 bits per heavy atom. The van der Waals surface area contributed by atoms with Crippen molar-refractivity contribution in [3.8, 4) is 5.75 Å². The molecule has 0 spiro atoms. The Kier molecular flexibility index (Phi) is 10.2. The van der Waals surface area contributed by atoms with Gasteiger partial charge in [-0.15, -0.1) is 0 Å². The minimum atomic E-state index is -4.02. The highest BCUT2D eigenvalue weighted by atomic mass is 19.4. The zero-order valence-electron chi connectivity index (χ0n) is 20.8. The minimum Gasteiger partial charge on any atom is -0.424 e. The predicted octanol–water partition coefficient (Wildman–Crippen LogP) is 8.35. The average Bonchev–Trinajstić information content (AvgIpc) is 3.60. The maximum Gasteiger partial charge on any atom is 0.389 e. The number of ether oxygens (including phenoxy) is 2. The fraction of sp³-hybridized carbons (Fsp3) is 0.552. The summed E-state index contributed by atoms with van der Waals surface area (Å²) >= 11 is 0. The van der Waals surface area contributed by atoms with Crippen molar-refractivity contribution in [3.63, 3.8) is 0 Å². The van der Waals surface area contributed by atoms with Gasteiger partial charge in [-0.3, -0.25) is 0 Å². The Labute approximate surface area is 207 Å². The molecule has 0 N–H and O–H groups in total. The second-order valence-electron chi connectivity index (χ2n) is 9.66. The molecule has 0 bridgehead atoms. The van der Waals surface area contributed by atoms with Crippen molar-refractivity contribution in [2.75, 3.05) is 0 Å². The number of unbranched alkanes of at least 4 members (excludes halogenated alkanes) is 8. The Balaban J connectivity index is 1.33. The van der Waals surface area contributed by atoms with Crippen molar-refractivity contribution in [1.29, 1.82) is 0 Å². The van der Waals surface area contributed by atoms with Gasteiger partial charge < -0.3 is 9.47 Å². The number of esters is 1. The smallest absolute Gasteiger partial charge is 0.389 e. The van der Waals surface area contributed by atoms with Crippen LogP contribution in [0.2, 0.25) is 0 Å². The normalized spacial score (nSPS) is 17.4. The molecule has 0 saturated carbocycles. The number of hydrogen-bond donors (Lipinski definition) is 0. The van der Waals surface area contributed by atoms with Crippen LogP contribution in [0.1, 0.15) is 92.6 Å². The molecule has 1 saturated heterocycles. The van der Waals surface area contributed by atoms with Crippen LogP contribution in [-0.4, -0.2) is 18.2 Å². The average molecular weight is 491 g/mol. The summed E-state index contributed by atoms with van der Waals surface area (Å²) in [4.78, 5) is 12.6. The predicted molar refractivity (Wildman–Crippen MR) is 132 cm³/mol. The number of carbonyl (C=O) groups excluding carboxylic acids is 1. The van der Waals surface area contributed by atoms with Crippen LogP contribution in [0.3, 0.4) is 0 Å². The van der Waals surface area contributed by atoms with E-state index >= 15 is 0 Å². The van der Waals surface area contributed by atoms with E-state index in [1.165, 1.54) is 5.56 Å². The molecule has 2 aromatic rings. The molecule has 1 aliphatic rings.